The van der Waals surface area contributed by atoms with E-state index in [1.54, 1.807) is 6.21 Å². The number of hydrogen-bond donors (Lipinski definition) is 0. The molecule has 268 valence electrons. The summed E-state index contributed by atoms with van der Waals surface area (Å²) < 4.78 is 49.6. The van der Waals surface area contributed by atoms with Crippen LogP contribution in [0.1, 0.15) is 38.7 Å². The van der Waals surface area contributed by atoms with Crippen LogP contribution in [-0.2, 0) is 47.5 Å². The fraction of sp³-hybridized carbons (Fsp3) is 0.694. The van der Waals surface area contributed by atoms with Crippen molar-refractivity contribution >= 4 is 17.0 Å². The van der Waals surface area contributed by atoms with Gasteiger partial charge in [0.2, 0.25) is 0 Å². The van der Waals surface area contributed by atoms with Crippen molar-refractivity contribution in [3.8, 4) is 0 Å². The van der Waals surface area contributed by atoms with Gasteiger partial charge in [-0.15, -0.1) is 0 Å². The SMILES string of the molecule is CC(C)CCOCCOCCOCCOCCOCCOCCOCCOCCOCCCCO/N=C/c1ccc2ccccc2c1. The van der Waals surface area contributed by atoms with Crippen LogP contribution in [-0.4, -0.2) is 132 Å². The highest BCUT2D eigenvalue weighted by atomic mass is 16.6. The van der Waals surface area contributed by atoms with Crippen LogP contribution in [0, 0.1) is 5.92 Å². The summed E-state index contributed by atoms with van der Waals surface area (Å²) in [5.74, 6) is 0.669. The lowest BCUT2D eigenvalue weighted by molar-refractivity contribution is -0.0252. The molecule has 0 saturated heterocycles. The maximum atomic E-state index is 5.59. The van der Waals surface area contributed by atoms with Gasteiger partial charge in [-0.1, -0.05) is 55.4 Å². The van der Waals surface area contributed by atoms with E-state index in [0.717, 1.165) is 31.4 Å². The average molecular weight is 666 g/mol. The maximum absolute atomic E-state index is 5.59. The molecule has 0 N–H and O–H groups in total. The zero-order valence-corrected chi connectivity index (χ0v) is 28.8. The fourth-order valence-electron chi connectivity index (χ4n) is 3.99. The molecule has 11 nitrogen and oxygen atoms in total. The number of ether oxygens (including phenoxy) is 9. The predicted molar refractivity (Wildman–Crippen MR) is 184 cm³/mol. The summed E-state index contributed by atoms with van der Waals surface area (Å²) in [5.41, 5.74) is 1.02. The number of hydrogen-bond acceptors (Lipinski definition) is 11. The molecular formula is C36H59NO10. The van der Waals surface area contributed by atoms with Gasteiger partial charge in [-0.2, -0.15) is 0 Å². The Kier molecular flexibility index (Phi) is 27.1. The molecule has 2 aromatic rings. The third-order valence-corrected chi connectivity index (χ3v) is 6.64. The largest absolute Gasteiger partial charge is 0.396 e. The first-order chi connectivity index (χ1) is 23.3. The third kappa shape index (κ3) is 25.5. The summed E-state index contributed by atoms with van der Waals surface area (Å²) in [6.45, 7) is 15.1. The van der Waals surface area contributed by atoms with Crippen molar-refractivity contribution in [2.24, 2.45) is 11.1 Å². The Morgan fingerprint density at radius 1 is 0.468 bits per heavy atom. The van der Waals surface area contributed by atoms with Gasteiger partial charge in [0.25, 0.3) is 0 Å². The number of rotatable bonds is 34. The molecule has 0 aliphatic rings. The van der Waals surface area contributed by atoms with E-state index in [1.807, 2.05) is 18.2 Å². The Bertz CT molecular complexity index is 993. The van der Waals surface area contributed by atoms with Gasteiger partial charge < -0.3 is 47.5 Å². The Balaban J connectivity index is 1.18. The maximum Gasteiger partial charge on any atom is 0.117 e. The van der Waals surface area contributed by atoms with Crippen molar-refractivity contribution in [2.75, 3.05) is 126 Å². The lowest BCUT2D eigenvalue weighted by Gasteiger charge is -2.09. The molecule has 0 heterocycles. The molecule has 11 heteroatoms. The highest BCUT2D eigenvalue weighted by molar-refractivity contribution is 5.90. The molecule has 0 bridgehead atoms. The quantitative estimate of drug-likeness (QED) is 0.0565. The predicted octanol–water partition coefficient (Wildman–Crippen LogP) is 5.17. The molecular weight excluding hydrogens is 606 g/mol. The van der Waals surface area contributed by atoms with Crippen LogP contribution in [0.3, 0.4) is 0 Å². The van der Waals surface area contributed by atoms with Gasteiger partial charge >= 0.3 is 0 Å². The Morgan fingerprint density at radius 3 is 1.34 bits per heavy atom. The van der Waals surface area contributed by atoms with Gasteiger partial charge in [0.05, 0.1) is 112 Å². The molecule has 2 aromatic carbocycles. The van der Waals surface area contributed by atoms with E-state index in [0.29, 0.717) is 125 Å². The van der Waals surface area contributed by atoms with E-state index >= 15 is 0 Å². The summed E-state index contributed by atoms with van der Waals surface area (Å²) >= 11 is 0. The molecule has 0 aliphatic carbocycles. The summed E-state index contributed by atoms with van der Waals surface area (Å²) in [7, 11) is 0. The molecule has 0 radical (unpaired) electrons. The van der Waals surface area contributed by atoms with Crippen LogP contribution in [0.25, 0.3) is 10.8 Å². The van der Waals surface area contributed by atoms with E-state index in [2.05, 4.69) is 43.3 Å². The van der Waals surface area contributed by atoms with Crippen LogP contribution >= 0.6 is 0 Å². The van der Waals surface area contributed by atoms with Gasteiger partial charge in [-0.25, -0.2) is 0 Å². The van der Waals surface area contributed by atoms with Gasteiger partial charge in [-0.3, -0.25) is 0 Å². The number of benzene rings is 2. The Morgan fingerprint density at radius 2 is 0.872 bits per heavy atom. The highest BCUT2D eigenvalue weighted by Gasteiger charge is 1.98. The highest BCUT2D eigenvalue weighted by Crippen LogP contribution is 2.14. The van der Waals surface area contributed by atoms with Crippen molar-refractivity contribution in [2.45, 2.75) is 33.1 Å². The van der Waals surface area contributed by atoms with Crippen LogP contribution in [0.5, 0.6) is 0 Å². The van der Waals surface area contributed by atoms with Gasteiger partial charge in [-0.05, 0) is 47.6 Å². The molecule has 0 aliphatic heterocycles. The number of oxime groups is 1. The van der Waals surface area contributed by atoms with Crippen LogP contribution < -0.4 is 0 Å². The molecule has 47 heavy (non-hydrogen) atoms. The van der Waals surface area contributed by atoms with E-state index in [1.165, 1.54) is 10.8 Å². The average Bonchev–Trinajstić information content (AvgIpc) is 3.08. The van der Waals surface area contributed by atoms with Crippen molar-refractivity contribution in [1.29, 1.82) is 0 Å². The second kappa shape index (κ2) is 31.1. The normalized spacial score (nSPS) is 11.8. The second-order valence-corrected chi connectivity index (χ2v) is 11.1. The summed E-state index contributed by atoms with van der Waals surface area (Å²) in [6, 6.07) is 14.5. The van der Waals surface area contributed by atoms with E-state index in [-0.39, 0.29) is 0 Å². The summed E-state index contributed by atoms with van der Waals surface area (Å²) in [4.78, 5) is 5.36. The minimum Gasteiger partial charge on any atom is -0.396 e. The minimum atomic E-state index is 0.521. The number of unbranched alkanes of at least 4 members (excludes halogenated alkanes) is 1. The fourth-order valence-corrected chi connectivity index (χ4v) is 3.99. The van der Waals surface area contributed by atoms with E-state index < -0.39 is 0 Å². The van der Waals surface area contributed by atoms with Crippen LogP contribution in [0.2, 0.25) is 0 Å². The first-order valence-electron chi connectivity index (χ1n) is 17.1. The Labute approximate surface area is 282 Å². The molecule has 0 fully saturated rings. The molecule has 0 unspecified atom stereocenters. The van der Waals surface area contributed by atoms with Crippen molar-refractivity contribution in [3.05, 3.63) is 48.0 Å². The second-order valence-electron chi connectivity index (χ2n) is 11.1. The van der Waals surface area contributed by atoms with Gasteiger partial charge in [0, 0.05) is 13.2 Å². The molecule has 2 rings (SSSR count). The zero-order valence-electron chi connectivity index (χ0n) is 28.8. The molecule has 0 amide bonds. The van der Waals surface area contributed by atoms with Crippen molar-refractivity contribution in [1.82, 2.24) is 0 Å². The zero-order chi connectivity index (χ0) is 33.3. The van der Waals surface area contributed by atoms with Crippen molar-refractivity contribution in [3.63, 3.8) is 0 Å². The van der Waals surface area contributed by atoms with Gasteiger partial charge in [0.15, 0.2) is 0 Å². The van der Waals surface area contributed by atoms with Crippen LogP contribution in [0.15, 0.2) is 47.6 Å². The van der Waals surface area contributed by atoms with Crippen LogP contribution in [0.4, 0.5) is 0 Å². The third-order valence-electron chi connectivity index (χ3n) is 6.64. The number of fused-ring (bicyclic) bond motifs is 1. The number of nitrogens with zero attached hydrogens (tertiary/aromatic N) is 1. The monoisotopic (exact) mass is 665 g/mol. The van der Waals surface area contributed by atoms with Crippen molar-refractivity contribution < 1.29 is 47.5 Å². The summed E-state index contributed by atoms with van der Waals surface area (Å²) in [5, 5.41) is 6.47. The van der Waals surface area contributed by atoms with Gasteiger partial charge in [0.1, 0.15) is 6.61 Å². The topological polar surface area (TPSA) is 105 Å². The molecule has 0 atom stereocenters. The van der Waals surface area contributed by atoms with E-state index in [4.69, 9.17) is 47.5 Å². The smallest absolute Gasteiger partial charge is 0.117 e. The molecule has 0 spiro atoms. The lowest BCUT2D eigenvalue weighted by atomic mass is 10.1. The Hall–Kier alpha value is -2.19. The minimum absolute atomic E-state index is 0.521. The lowest BCUT2D eigenvalue weighted by Crippen LogP contribution is -2.15. The summed E-state index contributed by atoms with van der Waals surface area (Å²) in [6.07, 6.45) is 4.63. The first kappa shape index (κ1) is 41.0. The molecule has 0 saturated carbocycles. The standard InChI is InChI=1S/C36H59NO10/c1-33(2)11-14-39-16-18-41-20-22-43-24-26-45-28-30-46-29-27-44-25-23-42-21-19-40-17-15-38-12-5-6-13-47-37-32-34-9-10-35-7-3-4-8-36(35)31-34/h3-4,7-10,31-33H,5-6,11-30H2,1-2H3/b37-32+. The van der Waals surface area contributed by atoms with E-state index in [9.17, 15) is 0 Å². The molecule has 0 aromatic heterocycles. The first-order valence-corrected chi connectivity index (χ1v) is 17.1.